The van der Waals surface area contributed by atoms with Crippen LogP contribution in [0, 0.1) is 0 Å². The third-order valence-electron chi connectivity index (χ3n) is 1.84. The van der Waals surface area contributed by atoms with Crippen LogP contribution in [0.1, 0.15) is 20.8 Å². The van der Waals surface area contributed by atoms with Crippen molar-refractivity contribution in [2.75, 3.05) is 0 Å². The fourth-order valence-corrected chi connectivity index (χ4v) is 1.24. The predicted molar refractivity (Wildman–Crippen MR) is 63.1 cm³/mol. The number of pyridine rings is 1. The molecule has 5 nitrogen and oxygen atoms in total. The third kappa shape index (κ3) is 6.85. The lowest BCUT2D eigenvalue weighted by molar-refractivity contribution is -0.684. The number of rotatable bonds is 2. The molecule has 0 radical (unpaired) electrons. The lowest BCUT2D eigenvalue weighted by Crippen LogP contribution is -3.00. The molecule has 0 spiro atoms. The number of carbonyl (C=O) groups is 2. The quantitative estimate of drug-likeness (QED) is 0.590. The van der Waals surface area contributed by atoms with Crippen molar-refractivity contribution in [2.24, 2.45) is 0 Å². The summed E-state index contributed by atoms with van der Waals surface area (Å²) < 4.78 is 1.69. The van der Waals surface area contributed by atoms with Gasteiger partial charge in [0.25, 0.3) is 5.91 Å². The van der Waals surface area contributed by atoms with E-state index in [4.69, 9.17) is 0 Å². The third-order valence-corrected chi connectivity index (χ3v) is 1.84. The summed E-state index contributed by atoms with van der Waals surface area (Å²) in [5.74, 6) is -0.344. The number of nitrogens with zero attached hydrogens (tertiary/aromatic N) is 1. The second-order valence-electron chi connectivity index (χ2n) is 4.80. The fourth-order valence-electron chi connectivity index (χ4n) is 1.24. The van der Waals surface area contributed by atoms with Crippen LogP contribution in [0.25, 0.3) is 0 Å². The highest BCUT2D eigenvalue weighted by molar-refractivity contribution is 5.93. The average molecular weight is 272 g/mol. The number of halogens is 1. The summed E-state index contributed by atoms with van der Waals surface area (Å²) in [5.41, 5.74) is -0.357. The Labute approximate surface area is 113 Å². The lowest BCUT2D eigenvalue weighted by atomic mass is 10.1. The molecular weight excluding hydrogens is 254 g/mol. The Morgan fingerprint density at radius 3 is 2.17 bits per heavy atom. The van der Waals surface area contributed by atoms with Crippen molar-refractivity contribution in [1.82, 2.24) is 10.6 Å². The van der Waals surface area contributed by atoms with E-state index in [9.17, 15) is 9.59 Å². The van der Waals surface area contributed by atoms with E-state index in [0.29, 0.717) is 0 Å². The molecule has 6 heteroatoms. The van der Waals surface area contributed by atoms with E-state index >= 15 is 0 Å². The van der Waals surface area contributed by atoms with Crippen molar-refractivity contribution in [3.05, 3.63) is 30.6 Å². The summed E-state index contributed by atoms with van der Waals surface area (Å²) in [5, 5.41) is 4.93. The molecule has 18 heavy (non-hydrogen) atoms. The Hall–Kier alpha value is -1.62. The molecule has 0 saturated heterocycles. The topological polar surface area (TPSA) is 62.1 Å². The molecule has 0 fully saturated rings. The Morgan fingerprint density at radius 1 is 1.11 bits per heavy atom. The number of amides is 3. The van der Waals surface area contributed by atoms with E-state index < -0.39 is 6.03 Å². The van der Waals surface area contributed by atoms with Gasteiger partial charge in [0.1, 0.15) is 0 Å². The van der Waals surface area contributed by atoms with Crippen LogP contribution in [0.3, 0.4) is 0 Å². The van der Waals surface area contributed by atoms with Crippen LogP contribution in [0.2, 0.25) is 0 Å². The zero-order valence-corrected chi connectivity index (χ0v) is 11.5. The average Bonchev–Trinajstić information content (AvgIpc) is 2.15. The minimum Gasteiger partial charge on any atom is -1.00 e. The van der Waals surface area contributed by atoms with Crippen LogP contribution in [0.5, 0.6) is 0 Å². The Morgan fingerprint density at radius 2 is 1.67 bits per heavy atom. The highest BCUT2D eigenvalue weighted by Gasteiger charge is 2.17. The molecule has 0 aliphatic carbocycles. The monoisotopic (exact) mass is 271 g/mol. The van der Waals surface area contributed by atoms with Gasteiger partial charge in [-0.2, -0.15) is 4.57 Å². The van der Waals surface area contributed by atoms with E-state index in [0.717, 1.165) is 0 Å². The van der Waals surface area contributed by atoms with E-state index in [2.05, 4.69) is 10.6 Å². The molecule has 1 aromatic heterocycles. The molecule has 0 saturated carbocycles. The standard InChI is InChI=1S/C12H17N3O2.ClH/c1-12(2,3)14-11(17)13-10(16)9-15-7-5-4-6-8-15;/h4-8H,9H2,1-3H3,(H-,13,14,16,17);1H. The molecule has 0 aliphatic heterocycles. The number of nitrogens with one attached hydrogen (secondary N) is 2. The van der Waals surface area contributed by atoms with Crippen LogP contribution < -0.4 is 27.6 Å². The van der Waals surface area contributed by atoms with Crippen LogP contribution in [0.4, 0.5) is 4.79 Å². The first kappa shape index (κ1) is 16.4. The Balaban J connectivity index is 0.00000289. The molecule has 0 unspecified atom stereocenters. The molecule has 0 bridgehead atoms. The first-order valence-corrected chi connectivity index (χ1v) is 5.43. The van der Waals surface area contributed by atoms with Crippen molar-refractivity contribution in [2.45, 2.75) is 32.9 Å². The van der Waals surface area contributed by atoms with Crippen molar-refractivity contribution in [1.29, 1.82) is 0 Å². The molecule has 100 valence electrons. The second kappa shape index (κ2) is 6.96. The summed E-state index contributed by atoms with van der Waals surface area (Å²) in [6, 6.07) is 5.03. The Bertz CT molecular complexity index is 402. The lowest BCUT2D eigenvalue weighted by Gasteiger charge is -2.19. The van der Waals surface area contributed by atoms with Gasteiger partial charge in [-0.1, -0.05) is 6.07 Å². The van der Waals surface area contributed by atoms with Gasteiger partial charge in [0, 0.05) is 17.7 Å². The van der Waals surface area contributed by atoms with Crippen LogP contribution in [-0.2, 0) is 11.3 Å². The summed E-state index contributed by atoms with van der Waals surface area (Å²) in [7, 11) is 0. The minimum absolute atomic E-state index is 0. The smallest absolute Gasteiger partial charge is 0.322 e. The Kier molecular flexibility index (Phi) is 6.33. The van der Waals surface area contributed by atoms with E-state index in [1.165, 1.54) is 0 Å². The van der Waals surface area contributed by atoms with Gasteiger partial charge in [0.15, 0.2) is 12.4 Å². The summed E-state index contributed by atoms with van der Waals surface area (Å²) in [6.07, 6.45) is 3.53. The first-order valence-electron chi connectivity index (χ1n) is 5.43. The summed E-state index contributed by atoms with van der Waals surface area (Å²) in [4.78, 5) is 22.9. The SMILES string of the molecule is CC(C)(C)NC(=O)NC(=O)C[n+]1ccccc1.[Cl-]. The van der Waals surface area contributed by atoms with Gasteiger partial charge < -0.3 is 17.7 Å². The van der Waals surface area contributed by atoms with Crippen molar-refractivity contribution in [3.63, 3.8) is 0 Å². The fraction of sp³-hybridized carbons (Fsp3) is 0.417. The number of carbonyl (C=O) groups excluding carboxylic acids is 2. The second-order valence-corrected chi connectivity index (χ2v) is 4.80. The molecule has 1 rings (SSSR count). The highest BCUT2D eigenvalue weighted by atomic mass is 35.5. The first-order chi connectivity index (χ1) is 7.87. The number of hydrogen-bond acceptors (Lipinski definition) is 2. The van der Waals surface area contributed by atoms with Gasteiger partial charge in [0.05, 0.1) is 0 Å². The van der Waals surface area contributed by atoms with Crippen molar-refractivity contribution >= 4 is 11.9 Å². The van der Waals surface area contributed by atoms with Gasteiger partial charge in [0.2, 0.25) is 6.54 Å². The maximum Gasteiger partial charge on any atom is 0.322 e. The van der Waals surface area contributed by atoms with Crippen molar-refractivity contribution < 1.29 is 26.6 Å². The molecule has 0 aromatic carbocycles. The van der Waals surface area contributed by atoms with Crippen molar-refractivity contribution in [3.8, 4) is 0 Å². The maximum atomic E-state index is 11.5. The van der Waals surface area contributed by atoms with Gasteiger partial charge in [-0.15, -0.1) is 0 Å². The molecular formula is C12H18ClN3O2. The van der Waals surface area contributed by atoms with Gasteiger partial charge >= 0.3 is 6.03 Å². The van der Waals surface area contributed by atoms with E-state index in [1.807, 2.05) is 39.0 Å². The number of imide groups is 1. The maximum absolute atomic E-state index is 11.5. The normalized spacial score (nSPS) is 10.2. The van der Waals surface area contributed by atoms with Gasteiger partial charge in [-0.3, -0.25) is 10.1 Å². The molecule has 2 N–H and O–H groups in total. The van der Waals surface area contributed by atoms with E-state index in [1.54, 1.807) is 17.0 Å². The number of aromatic nitrogens is 1. The highest BCUT2D eigenvalue weighted by Crippen LogP contribution is 1.97. The van der Waals surface area contributed by atoms with E-state index in [-0.39, 0.29) is 30.4 Å². The minimum atomic E-state index is -0.473. The van der Waals surface area contributed by atoms with Gasteiger partial charge in [-0.05, 0) is 20.8 Å². The molecule has 1 heterocycles. The zero-order chi connectivity index (χ0) is 12.9. The molecule has 3 amide bonds. The number of hydrogen-bond donors (Lipinski definition) is 2. The van der Waals surface area contributed by atoms with Crippen LogP contribution in [0.15, 0.2) is 30.6 Å². The summed E-state index contributed by atoms with van der Waals surface area (Å²) >= 11 is 0. The molecule has 1 aromatic rings. The molecule has 0 aliphatic rings. The number of urea groups is 1. The van der Waals surface area contributed by atoms with Gasteiger partial charge in [-0.25, -0.2) is 4.79 Å². The van der Waals surface area contributed by atoms with Crippen LogP contribution >= 0.6 is 0 Å². The molecule has 0 atom stereocenters. The van der Waals surface area contributed by atoms with Crippen LogP contribution in [-0.4, -0.2) is 17.5 Å². The zero-order valence-electron chi connectivity index (χ0n) is 10.7. The predicted octanol–water partition coefficient (Wildman–Crippen LogP) is -2.40. The largest absolute Gasteiger partial charge is 1.00 e. The summed E-state index contributed by atoms with van der Waals surface area (Å²) in [6.45, 7) is 5.67.